The molecule has 1 aliphatic heterocycles. The fourth-order valence-electron chi connectivity index (χ4n) is 3.16. The van der Waals surface area contributed by atoms with E-state index in [-0.39, 0.29) is 28.9 Å². The Morgan fingerprint density at radius 1 is 1.39 bits per heavy atom. The highest BCUT2D eigenvalue weighted by molar-refractivity contribution is 5.94. The second-order valence-corrected chi connectivity index (χ2v) is 5.20. The Kier molecular flexibility index (Phi) is 2.70. The lowest BCUT2D eigenvalue weighted by atomic mass is 10.00. The number of aromatic amines is 1. The van der Waals surface area contributed by atoms with Crippen LogP contribution >= 0.6 is 0 Å². The molecule has 3 atom stereocenters. The van der Waals surface area contributed by atoms with Crippen LogP contribution in [0.25, 0.3) is 0 Å². The van der Waals surface area contributed by atoms with E-state index < -0.39 is 0 Å². The lowest BCUT2D eigenvalue weighted by Gasteiger charge is -2.17. The number of aliphatic hydroxyl groups is 1. The number of nitrogens with one attached hydrogen (secondary N) is 1. The fraction of sp³-hybridized carbons (Fsp3) is 0.538. The highest BCUT2D eigenvalue weighted by atomic mass is 16.3. The van der Waals surface area contributed by atoms with Gasteiger partial charge in [0, 0.05) is 37.5 Å². The third kappa shape index (κ3) is 1.75. The van der Waals surface area contributed by atoms with E-state index in [9.17, 15) is 14.7 Å². The SMILES string of the molecule is O=C(c1c[nH]ccc1=O)N1CC2CCC(O)C2C1. The van der Waals surface area contributed by atoms with Crippen LogP contribution < -0.4 is 5.43 Å². The van der Waals surface area contributed by atoms with Gasteiger partial charge in [0.05, 0.1) is 6.10 Å². The Bertz CT molecular complexity index is 525. The maximum atomic E-state index is 12.2. The Hall–Kier alpha value is -1.62. The van der Waals surface area contributed by atoms with Gasteiger partial charge < -0.3 is 15.0 Å². The minimum atomic E-state index is -0.290. The summed E-state index contributed by atoms with van der Waals surface area (Å²) >= 11 is 0. The monoisotopic (exact) mass is 248 g/mol. The lowest BCUT2D eigenvalue weighted by Crippen LogP contribution is -2.34. The molecule has 0 radical (unpaired) electrons. The van der Waals surface area contributed by atoms with Crippen molar-refractivity contribution in [1.82, 2.24) is 9.88 Å². The van der Waals surface area contributed by atoms with Gasteiger partial charge >= 0.3 is 0 Å². The number of nitrogens with zero attached hydrogens (tertiary/aromatic N) is 1. The number of pyridine rings is 1. The van der Waals surface area contributed by atoms with Crippen LogP contribution in [-0.2, 0) is 0 Å². The Morgan fingerprint density at radius 3 is 2.94 bits per heavy atom. The number of hydrogen-bond donors (Lipinski definition) is 2. The smallest absolute Gasteiger partial charge is 0.259 e. The molecule has 1 amide bonds. The standard InChI is InChI=1S/C13H16N2O3/c16-11-2-1-8-6-15(7-10(8)11)13(18)9-5-14-4-3-12(9)17/h3-5,8,10-11,16H,1-2,6-7H2,(H,14,17). The van der Waals surface area contributed by atoms with Crippen molar-refractivity contribution in [2.45, 2.75) is 18.9 Å². The quantitative estimate of drug-likeness (QED) is 0.746. The molecular weight excluding hydrogens is 232 g/mol. The Labute approximate surface area is 104 Å². The van der Waals surface area contributed by atoms with Gasteiger partial charge in [-0.25, -0.2) is 0 Å². The van der Waals surface area contributed by atoms with Gasteiger partial charge in [0.25, 0.3) is 5.91 Å². The highest BCUT2D eigenvalue weighted by Crippen LogP contribution is 2.38. The molecular formula is C13H16N2O3. The van der Waals surface area contributed by atoms with Crippen LogP contribution in [0, 0.1) is 11.8 Å². The number of aliphatic hydroxyl groups excluding tert-OH is 1. The molecule has 1 aromatic rings. The van der Waals surface area contributed by atoms with Gasteiger partial charge in [-0.15, -0.1) is 0 Å². The maximum Gasteiger partial charge on any atom is 0.259 e. The molecule has 18 heavy (non-hydrogen) atoms. The zero-order chi connectivity index (χ0) is 12.7. The van der Waals surface area contributed by atoms with E-state index in [0.29, 0.717) is 19.0 Å². The van der Waals surface area contributed by atoms with Crippen molar-refractivity contribution in [3.05, 3.63) is 34.2 Å². The molecule has 3 rings (SSSR count). The van der Waals surface area contributed by atoms with E-state index in [4.69, 9.17) is 0 Å². The van der Waals surface area contributed by atoms with E-state index in [1.165, 1.54) is 18.5 Å². The van der Waals surface area contributed by atoms with Gasteiger partial charge in [-0.1, -0.05) is 0 Å². The average Bonchev–Trinajstić information content (AvgIpc) is 2.92. The molecule has 3 unspecified atom stereocenters. The van der Waals surface area contributed by atoms with Crippen molar-refractivity contribution >= 4 is 5.91 Å². The minimum Gasteiger partial charge on any atom is -0.393 e. The average molecular weight is 248 g/mol. The molecule has 2 aliphatic rings. The van der Waals surface area contributed by atoms with Crippen LogP contribution in [0.1, 0.15) is 23.2 Å². The van der Waals surface area contributed by atoms with E-state index in [0.717, 1.165) is 12.8 Å². The van der Waals surface area contributed by atoms with E-state index >= 15 is 0 Å². The molecule has 0 aromatic carbocycles. The van der Waals surface area contributed by atoms with Crippen molar-refractivity contribution in [3.63, 3.8) is 0 Å². The number of carbonyl (C=O) groups is 1. The second kappa shape index (κ2) is 4.24. The van der Waals surface area contributed by atoms with E-state index in [2.05, 4.69) is 4.98 Å². The summed E-state index contributed by atoms with van der Waals surface area (Å²) < 4.78 is 0. The maximum absolute atomic E-state index is 12.2. The number of hydrogen-bond acceptors (Lipinski definition) is 3. The predicted molar refractivity (Wildman–Crippen MR) is 65.2 cm³/mol. The summed E-state index contributed by atoms with van der Waals surface area (Å²) in [4.78, 5) is 28.3. The molecule has 0 spiro atoms. The van der Waals surface area contributed by atoms with Crippen molar-refractivity contribution in [2.24, 2.45) is 11.8 Å². The van der Waals surface area contributed by atoms with Gasteiger partial charge in [-0.2, -0.15) is 0 Å². The molecule has 1 aromatic heterocycles. The van der Waals surface area contributed by atoms with Crippen molar-refractivity contribution in [2.75, 3.05) is 13.1 Å². The summed E-state index contributed by atoms with van der Waals surface area (Å²) in [6.45, 7) is 1.23. The molecule has 2 heterocycles. The first-order valence-electron chi connectivity index (χ1n) is 6.31. The summed E-state index contributed by atoms with van der Waals surface area (Å²) in [6, 6.07) is 1.36. The largest absolute Gasteiger partial charge is 0.393 e. The van der Waals surface area contributed by atoms with Crippen LogP contribution in [0.2, 0.25) is 0 Å². The topological polar surface area (TPSA) is 73.4 Å². The zero-order valence-electron chi connectivity index (χ0n) is 10.0. The number of amides is 1. The van der Waals surface area contributed by atoms with Gasteiger partial charge in [0.15, 0.2) is 5.43 Å². The summed E-state index contributed by atoms with van der Waals surface area (Å²) in [5, 5.41) is 9.82. The Balaban J connectivity index is 1.80. The predicted octanol–water partition coefficient (Wildman–Crippen LogP) is 0.218. The summed E-state index contributed by atoms with van der Waals surface area (Å²) in [7, 11) is 0. The number of likely N-dealkylation sites (tertiary alicyclic amines) is 1. The zero-order valence-corrected chi connectivity index (χ0v) is 10.0. The third-order valence-electron chi connectivity index (χ3n) is 4.16. The first-order chi connectivity index (χ1) is 8.66. The van der Waals surface area contributed by atoms with Crippen LogP contribution in [0.4, 0.5) is 0 Å². The van der Waals surface area contributed by atoms with Crippen molar-refractivity contribution < 1.29 is 9.90 Å². The number of carbonyl (C=O) groups excluding carboxylic acids is 1. The molecule has 1 saturated heterocycles. The van der Waals surface area contributed by atoms with Gasteiger partial charge in [0.1, 0.15) is 5.56 Å². The first kappa shape index (κ1) is 11.5. The molecule has 5 heteroatoms. The normalized spacial score (nSPS) is 30.5. The molecule has 5 nitrogen and oxygen atoms in total. The summed E-state index contributed by atoms with van der Waals surface area (Å²) in [6.07, 6.45) is 4.49. The molecule has 1 saturated carbocycles. The van der Waals surface area contributed by atoms with Crippen LogP contribution in [0.5, 0.6) is 0 Å². The van der Waals surface area contributed by atoms with E-state index in [1.807, 2.05) is 0 Å². The fourth-order valence-corrected chi connectivity index (χ4v) is 3.16. The summed E-state index contributed by atoms with van der Waals surface area (Å²) in [5.74, 6) is 0.363. The van der Waals surface area contributed by atoms with Crippen LogP contribution in [-0.4, -0.2) is 40.1 Å². The van der Waals surface area contributed by atoms with Gasteiger partial charge in [-0.3, -0.25) is 9.59 Å². The minimum absolute atomic E-state index is 0.187. The third-order valence-corrected chi connectivity index (χ3v) is 4.16. The lowest BCUT2D eigenvalue weighted by molar-refractivity contribution is 0.0751. The van der Waals surface area contributed by atoms with Crippen molar-refractivity contribution in [3.8, 4) is 0 Å². The van der Waals surface area contributed by atoms with Crippen LogP contribution in [0.15, 0.2) is 23.3 Å². The van der Waals surface area contributed by atoms with Gasteiger partial charge in [0.2, 0.25) is 0 Å². The number of aromatic nitrogens is 1. The highest BCUT2D eigenvalue weighted by Gasteiger charge is 2.43. The number of fused-ring (bicyclic) bond motifs is 1. The number of rotatable bonds is 1. The first-order valence-corrected chi connectivity index (χ1v) is 6.31. The van der Waals surface area contributed by atoms with E-state index in [1.54, 1.807) is 4.90 Å². The van der Waals surface area contributed by atoms with Crippen molar-refractivity contribution in [1.29, 1.82) is 0 Å². The second-order valence-electron chi connectivity index (χ2n) is 5.20. The molecule has 96 valence electrons. The molecule has 2 N–H and O–H groups in total. The summed E-state index contributed by atoms with van der Waals surface area (Å²) in [5.41, 5.74) is -0.0664. The van der Waals surface area contributed by atoms with Crippen LogP contribution in [0.3, 0.4) is 0 Å². The molecule has 1 aliphatic carbocycles. The number of H-pyrrole nitrogens is 1. The molecule has 0 bridgehead atoms. The molecule has 2 fully saturated rings. The van der Waals surface area contributed by atoms with Gasteiger partial charge in [-0.05, 0) is 18.8 Å². The Morgan fingerprint density at radius 2 is 2.22 bits per heavy atom.